The SMILES string of the molecule is O=C(NC1CCCCC1)c1ccnc(Nc2ccc(Cl)cc2Cl)n1. The summed E-state index contributed by atoms with van der Waals surface area (Å²) in [4.78, 5) is 20.8. The lowest BCUT2D eigenvalue weighted by molar-refractivity contribution is 0.0922. The molecule has 1 aliphatic carbocycles. The van der Waals surface area contributed by atoms with Gasteiger partial charge in [0.1, 0.15) is 5.69 Å². The topological polar surface area (TPSA) is 66.9 Å². The number of halogens is 2. The summed E-state index contributed by atoms with van der Waals surface area (Å²) in [5, 5.41) is 7.06. The summed E-state index contributed by atoms with van der Waals surface area (Å²) in [7, 11) is 0. The normalized spacial score (nSPS) is 15.1. The first-order valence-corrected chi connectivity index (χ1v) is 8.73. The summed E-state index contributed by atoms with van der Waals surface area (Å²) in [6.07, 6.45) is 7.18. The zero-order valence-electron chi connectivity index (χ0n) is 13.1. The molecule has 24 heavy (non-hydrogen) atoms. The second kappa shape index (κ2) is 7.81. The van der Waals surface area contributed by atoms with Crippen LogP contribution in [-0.4, -0.2) is 21.9 Å². The van der Waals surface area contributed by atoms with Gasteiger partial charge in [0.15, 0.2) is 0 Å². The van der Waals surface area contributed by atoms with Crippen molar-refractivity contribution < 1.29 is 4.79 Å². The Hall–Kier alpha value is -1.85. The molecule has 1 heterocycles. The van der Waals surface area contributed by atoms with E-state index in [-0.39, 0.29) is 11.9 Å². The largest absolute Gasteiger partial charge is 0.348 e. The van der Waals surface area contributed by atoms with Crippen LogP contribution in [0, 0.1) is 0 Å². The number of amides is 1. The molecule has 0 saturated heterocycles. The van der Waals surface area contributed by atoms with Crippen LogP contribution in [-0.2, 0) is 0 Å². The predicted molar refractivity (Wildman–Crippen MR) is 96.1 cm³/mol. The van der Waals surface area contributed by atoms with Gasteiger partial charge in [-0.05, 0) is 37.1 Å². The molecule has 126 valence electrons. The molecule has 0 bridgehead atoms. The molecule has 0 radical (unpaired) electrons. The molecule has 1 aromatic heterocycles. The molecule has 0 atom stereocenters. The van der Waals surface area contributed by atoms with Gasteiger partial charge in [0.2, 0.25) is 5.95 Å². The summed E-state index contributed by atoms with van der Waals surface area (Å²) < 4.78 is 0. The van der Waals surface area contributed by atoms with Gasteiger partial charge in [0.25, 0.3) is 5.91 Å². The first-order valence-electron chi connectivity index (χ1n) is 7.98. The average molecular weight is 365 g/mol. The van der Waals surface area contributed by atoms with Crippen LogP contribution in [0.2, 0.25) is 10.0 Å². The van der Waals surface area contributed by atoms with Crippen LogP contribution < -0.4 is 10.6 Å². The van der Waals surface area contributed by atoms with Gasteiger partial charge >= 0.3 is 0 Å². The number of carbonyl (C=O) groups excluding carboxylic acids is 1. The molecule has 7 heteroatoms. The second-order valence-electron chi connectivity index (χ2n) is 5.82. The fourth-order valence-corrected chi connectivity index (χ4v) is 3.22. The van der Waals surface area contributed by atoms with Gasteiger partial charge in [-0.2, -0.15) is 0 Å². The minimum Gasteiger partial charge on any atom is -0.348 e. The van der Waals surface area contributed by atoms with Gasteiger partial charge in [-0.1, -0.05) is 42.5 Å². The zero-order chi connectivity index (χ0) is 16.9. The molecule has 2 aromatic rings. The number of hydrogen-bond acceptors (Lipinski definition) is 4. The number of benzene rings is 1. The second-order valence-corrected chi connectivity index (χ2v) is 6.67. The van der Waals surface area contributed by atoms with Crippen molar-refractivity contribution in [3.05, 3.63) is 46.2 Å². The lowest BCUT2D eigenvalue weighted by Crippen LogP contribution is -2.36. The Morgan fingerprint density at radius 2 is 1.92 bits per heavy atom. The van der Waals surface area contributed by atoms with E-state index in [9.17, 15) is 4.79 Å². The zero-order valence-corrected chi connectivity index (χ0v) is 14.6. The van der Waals surface area contributed by atoms with E-state index in [0.29, 0.717) is 27.4 Å². The third kappa shape index (κ3) is 4.36. The van der Waals surface area contributed by atoms with E-state index in [1.54, 1.807) is 30.5 Å². The van der Waals surface area contributed by atoms with E-state index >= 15 is 0 Å². The molecular weight excluding hydrogens is 347 g/mol. The van der Waals surface area contributed by atoms with Crippen LogP contribution in [0.25, 0.3) is 0 Å². The lowest BCUT2D eigenvalue weighted by Gasteiger charge is -2.22. The first kappa shape index (κ1) is 17.0. The van der Waals surface area contributed by atoms with Crippen molar-refractivity contribution in [3.8, 4) is 0 Å². The summed E-state index contributed by atoms with van der Waals surface area (Å²) in [5.74, 6) is 0.144. The van der Waals surface area contributed by atoms with E-state index in [0.717, 1.165) is 25.7 Å². The molecule has 3 rings (SSSR count). The highest BCUT2D eigenvalue weighted by Gasteiger charge is 2.17. The maximum Gasteiger partial charge on any atom is 0.270 e. The monoisotopic (exact) mass is 364 g/mol. The van der Waals surface area contributed by atoms with Crippen LogP contribution in [0.3, 0.4) is 0 Å². The Morgan fingerprint density at radius 1 is 1.12 bits per heavy atom. The predicted octanol–water partition coefficient (Wildman–Crippen LogP) is 4.59. The fourth-order valence-electron chi connectivity index (χ4n) is 2.76. The lowest BCUT2D eigenvalue weighted by atomic mass is 9.95. The van der Waals surface area contributed by atoms with Crippen LogP contribution in [0.1, 0.15) is 42.6 Å². The summed E-state index contributed by atoms with van der Waals surface area (Å²) in [6, 6.07) is 6.93. The number of anilines is 2. The quantitative estimate of drug-likeness (QED) is 0.832. The highest BCUT2D eigenvalue weighted by Crippen LogP contribution is 2.27. The van der Waals surface area contributed by atoms with Crippen molar-refractivity contribution in [3.63, 3.8) is 0 Å². The number of aromatic nitrogens is 2. The van der Waals surface area contributed by atoms with Crippen molar-refractivity contribution >= 4 is 40.7 Å². The van der Waals surface area contributed by atoms with Crippen LogP contribution in [0.15, 0.2) is 30.5 Å². The molecule has 5 nitrogen and oxygen atoms in total. The van der Waals surface area contributed by atoms with Crippen molar-refractivity contribution in [2.24, 2.45) is 0 Å². The van der Waals surface area contributed by atoms with Gasteiger partial charge in [-0.15, -0.1) is 0 Å². The molecule has 1 fully saturated rings. The Kier molecular flexibility index (Phi) is 5.53. The maximum absolute atomic E-state index is 12.4. The minimum absolute atomic E-state index is 0.172. The molecule has 1 aromatic carbocycles. The smallest absolute Gasteiger partial charge is 0.270 e. The molecule has 0 spiro atoms. The first-order chi connectivity index (χ1) is 11.6. The maximum atomic E-state index is 12.4. The fraction of sp³-hybridized carbons (Fsp3) is 0.353. The van der Waals surface area contributed by atoms with E-state index in [4.69, 9.17) is 23.2 Å². The van der Waals surface area contributed by atoms with Crippen molar-refractivity contribution in [1.29, 1.82) is 0 Å². The van der Waals surface area contributed by atoms with Crippen molar-refractivity contribution in [2.45, 2.75) is 38.1 Å². The van der Waals surface area contributed by atoms with Crippen LogP contribution in [0.4, 0.5) is 11.6 Å². The van der Waals surface area contributed by atoms with E-state index in [1.807, 2.05) is 0 Å². The van der Waals surface area contributed by atoms with Gasteiger partial charge in [-0.25, -0.2) is 9.97 Å². The van der Waals surface area contributed by atoms with Crippen molar-refractivity contribution in [2.75, 3.05) is 5.32 Å². The van der Waals surface area contributed by atoms with E-state index in [2.05, 4.69) is 20.6 Å². The Morgan fingerprint density at radius 3 is 2.67 bits per heavy atom. The average Bonchev–Trinajstić information content (AvgIpc) is 2.59. The summed E-state index contributed by atoms with van der Waals surface area (Å²) in [6.45, 7) is 0. The Bertz CT molecular complexity index is 732. The molecule has 0 unspecified atom stereocenters. The van der Waals surface area contributed by atoms with E-state index < -0.39 is 0 Å². The Labute approximate surface area is 150 Å². The molecule has 1 amide bonds. The highest BCUT2D eigenvalue weighted by atomic mass is 35.5. The molecular formula is C17H18Cl2N4O. The number of hydrogen-bond donors (Lipinski definition) is 2. The number of nitrogens with one attached hydrogen (secondary N) is 2. The van der Waals surface area contributed by atoms with E-state index in [1.165, 1.54) is 6.42 Å². The van der Waals surface area contributed by atoms with Gasteiger partial charge in [0.05, 0.1) is 10.7 Å². The van der Waals surface area contributed by atoms with Gasteiger partial charge in [-0.3, -0.25) is 4.79 Å². The molecule has 2 N–H and O–H groups in total. The van der Waals surface area contributed by atoms with Crippen molar-refractivity contribution in [1.82, 2.24) is 15.3 Å². The minimum atomic E-state index is -0.172. The summed E-state index contributed by atoms with van der Waals surface area (Å²) >= 11 is 12.0. The molecule has 1 saturated carbocycles. The third-order valence-corrected chi connectivity index (χ3v) is 4.55. The number of carbonyl (C=O) groups is 1. The highest BCUT2D eigenvalue weighted by molar-refractivity contribution is 6.36. The van der Waals surface area contributed by atoms with Crippen LogP contribution >= 0.6 is 23.2 Å². The van der Waals surface area contributed by atoms with Gasteiger partial charge < -0.3 is 10.6 Å². The molecule has 0 aliphatic heterocycles. The number of nitrogens with zero attached hydrogens (tertiary/aromatic N) is 2. The van der Waals surface area contributed by atoms with Gasteiger partial charge in [0, 0.05) is 17.3 Å². The number of rotatable bonds is 4. The standard InChI is InChI=1S/C17H18Cl2N4O/c18-11-6-7-14(13(19)10-11)22-17-20-9-8-15(23-17)16(24)21-12-4-2-1-3-5-12/h6-10,12H,1-5H2,(H,21,24)(H,20,22,23). The molecule has 1 aliphatic rings. The van der Waals surface area contributed by atoms with Crippen LogP contribution in [0.5, 0.6) is 0 Å². The summed E-state index contributed by atoms with van der Waals surface area (Å²) in [5.41, 5.74) is 0.967. The Balaban J connectivity index is 1.70. The third-order valence-electron chi connectivity index (χ3n) is 4.01.